The molecule has 18 heavy (non-hydrogen) atoms. The molecule has 0 bridgehead atoms. The number of nitrogen functional groups attached to an aromatic ring is 1. The summed E-state index contributed by atoms with van der Waals surface area (Å²) in [5.41, 5.74) is 7.66. The lowest BCUT2D eigenvalue weighted by atomic mass is 10.2. The molecule has 0 saturated carbocycles. The summed E-state index contributed by atoms with van der Waals surface area (Å²) in [6.07, 6.45) is 0.640. The molecule has 2 N–H and O–H groups in total. The summed E-state index contributed by atoms with van der Waals surface area (Å²) < 4.78 is 1.50. The number of halogens is 2. The van der Waals surface area contributed by atoms with Crippen LogP contribution in [0.2, 0.25) is 10.0 Å². The van der Waals surface area contributed by atoms with Gasteiger partial charge in [-0.05, 0) is 24.6 Å². The minimum absolute atomic E-state index is 0.313. The molecule has 1 aromatic carbocycles. The molecule has 0 atom stereocenters. The Morgan fingerprint density at radius 1 is 1.39 bits per heavy atom. The molecule has 0 unspecified atom stereocenters. The highest BCUT2D eigenvalue weighted by atomic mass is 35.5. The quantitative estimate of drug-likeness (QED) is 0.919. The Morgan fingerprint density at radius 2 is 2.11 bits per heavy atom. The zero-order valence-corrected chi connectivity index (χ0v) is 11.1. The van der Waals surface area contributed by atoms with Gasteiger partial charge in [0.15, 0.2) is 0 Å². The van der Waals surface area contributed by atoms with Gasteiger partial charge in [-0.2, -0.15) is 10.4 Å². The number of aryl methyl sites for hydroxylation is 1. The molecule has 0 radical (unpaired) electrons. The average Bonchev–Trinajstić information content (AvgIpc) is 2.69. The third-order valence-corrected chi connectivity index (χ3v) is 3.33. The Hall–Kier alpha value is -1.70. The van der Waals surface area contributed by atoms with Gasteiger partial charge in [-0.3, -0.25) is 0 Å². The highest BCUT2D eigenvalue weighted by Crippen LogP contribution is 2.27. The molecule has 0 aliphatic carbocycles. The highest BCUT2D eigenvalue weighted by Gasteiger charge is 2.15. The third-order valence-electron chi connectivity index (χ3n) is 2.59. The van der Waals surface area contributed by atoms with Crippen LogP contribution >= 0.6 is 23.2 Å². The number of anilines is 1. The van der Waals surface area contributed by atoms with Crippen molar-refractivity contribution in [1.29, 1.82) is 5.26 Å². The summed E-state index contributed by atoms with van der Waals surface area (Å²) in [6, 6.07) is 7.14. The smallest absolute Gasteiger partial charge is 0.145 e. The summed E-state index contributed by atoms with van der Waals surface area (Å²) in [5.74, 6) is 0.313. The number of rotatable bonds is 2. The second-order valence-corrected chi connectivity index (χ2v) is 4.50. The van der Waals surface area contributed by atoms with E-state index in [1.165, 1.54) is 4.68 Å². The van der Waals surface area contributed by atoms with E-state index in [4.69, 9.17) is 34.2 Å². The molecule has 0 aliphatic heterocycles. The zero-order valence-electron chi connectivity index (χ0n) is 9.61. The van der Waals surface area contributed by atoms with Crippen LogP contribution in [0.15, 0.2) is 18.2 Å². The summed E-state index contributed by atoms with van der Waals surface area (Å²) in [7, 11) is 0. The SMILES string of the molecule is CCc1nn(-c2ccc(Cl)c(Cl)c2)c(N)c1C#N. The topological polar surface area (TPSA) is 67.6 Å². The van der Waals surface area contributed by atoms with E-state index in [1.807, 2.05) is 6.92 Å². The van der Waals surface area contributed by atoms with E-state index in [9.17, 15) is 0 Å². The van der Waals surface area contributed by atoms with Gasteiger partial charge in [-0.1, -0.05) is 30.1 Å². The standard InChI is InChI=1S/C12H10Cl2N4/c1-2-11-8(6-15)12(16)18(17-11)7-3-4-9(13)10(14)5-7/h3-5H,2,16H2,1H3. The number of nitrogens with two attached hydrogens (primary N) is 1. The molecule has 0 amide bonds. The average molecular weight is 281 g/mol. The first-order valence-electron chi connectivity index (χ1n) is 5.31. The predicted molar refractivity (Wildman–Crippen MR) is 72.1 cm³/mol. The Morgan fingerprint density at radius 3 is 2.61 bits per heavy atom. The van der Waals surface area contributed by atoms with Gasteiger partial charge in [0.1, 0.15) is 17.5 Å². The molecule has 0 fully saturated rings. The van der Waals surface area contributed by atoms with Crippen LogP contribution in [-0.2, 0) is 6.42 Å². The van der Waals surface area contributed by atoms with E-state index in [1.54, 1.807) is 18.2 Å². The van der Waals surface area contributed by atoms with E-state index in [2.05, 4.69) is 11.2 Å². The van der Waals surface area contributed by atoms with Gasteiger partial charge >= 0.3 is 0 Å². The van der Waals surface area contributed by atoms with Crippen LogP contribution in [0.1, 0.15) is 18.2 Å². The molecule has 92 valence electrons. The Balaban J connectivity index is 2.61. The molecule has 1 aromatic heterocycles. The Bertz CT molecular complexity index is 640. The maximum absolute atomic E-state index is 9.06. The predicted octanol–water partition coefficient (Wildman–Crippen LogP) is 3.20. The monoisotopic (exact) mass is 280 g/mol. The van der Waals surface area contributed by atoms with Crippen molar-refractivity contribution in [3.05, 3.63) is 39.5 Å². The van der Waals surface area contributed by atoms with E-state index in [0.717, 1.165) is 0 Å². The van der Waals surface area contributed by atoms with E-state index >= 15 is 0 Å². The molecule has 6 heteroatoms. The largest absolute Gasteiger partial charge is 0.382 e. The van der Waals surface area contributed by atoms with E-state index < -0.39 is 0 Å². The van der Waals surface area contributed by atoms with Crippen LogP contribution in [0, 0.1) is 11.3 Å². The van der Waals surface area contributed by atoms with Gasteiger partial charge < -0.3 is 5.73 Å². The molecular formula is C12H10Cl2N4. The van der Waals surface area contributed by atoms with Crippen molar-refractivity contribution in [2.45, 2.75) is 13.3 Å². The van der Waals surface area contributed by atoms with Crippen molar-refractivity contribution < 1.29 is 0 Å². The van der Waals surface area contributed by atoms with Crippen LogP contribution in [0.5, 0.6) is 0 Å². The molecule has 2 aromatic rings. The highest BCUT2D eigenvalue weighted by molar-refractivity contribution is 6.42. The van der Waals surface area contributed by atoms with Crippen molar-refractivity contribution in [2.24, 2.45) is 0 Å². The van der Waals surface area contributed by atoms with Crippen molar-refractivity contribution in [3.8, 4) is 11.8 Å². The van der Waals surface area contributed by atoms with Gasteiger partial charge in [0.2, 0.25) is 0 Å². The van der Waals surface area contributed by atoms with Gasteiger partial charge in [-0.15, -0.1) is 0 Å². The summed E-state index contributed by atoms with van der Waals surface area (Å²) in [5, 5.41) is 14.2. The van der Waals surface area contributed by atoms with Crippen LogP contribution in [-0.4, -0.2) is 9.78 Å². The molecule has 0 aliphatic rings. The molecule has 0 spiro atoms. The fraction of sp³-hybridized carbons (Fsp3) is 0.167. The number of hydrogen-bond donors (Lipinski definition) is 1. The lowest BCUT2D eigenvalue weighted by Gasteiger charge is -2.05. The molecule has 0 saturated heterocycles. The molecular weight excluding hydrogens is 271 g/mol. The first-order chi connectivity index (χ1) is 8.58. The summed E-state index contributed by atoms with van der Waals surface area (Å²) in [6.45, 7) is 1.92. The van der Waals surface area contributed by atoms with Crippen molar-refractivity contribution >= 4 is 29.0 Å². The lowest BCUT2D eigenvalue weighted by molar-refractivity contribution is 0.849. The van der Waals surface area contributed by atoms with Crippen LogP contribution < -0.4 is 5.73 Å². The number of aromatic nitrogens is 2. The Labute approximate surface area is 115 Å². The minimum Gasteiger partial charge on any atom is -0.382 e. The van der Waals surface area contributed by atoms with Crippen LogP contribution in [0.25, 0.3) is 5.69 Å². The van der Waals surface area contributed by atoms with Crippen LogP contribution in [0.3, 0.4) is 0 Å². The fourth-order valence-corrected chi connectivity index (χ4v) is 1.95. The van der Waals surface area contributed by atoms with Crippen LogP contribution in [0.4, 0.5) is 5.82 Å². The fourth-order valence-electron chi connectivity index (χ4n) is 1.66. The first-order valence-corrected chi connectivity index (χ1v) is 6.07. The normalized spacial score (nSPS) is 10.3. The summed E-state index contributed by atoms with van der Waals surface area (Å²) in [4.78, 5) is 0. The minimum atomic E-state index is 0.313. The van der Waals surface area contributed by atoms with Gasteiger partial charge in [-0.25, -0.2) is 4.68 Å². The molecule has 4 nitrogen and oxygen atoms in total. The van der Waals surface area contributed by atoms with Crippen molar-refractivity contribution in [3.63, 3.8) is 0 Å². The van der Waals surface area contributed by atoms with E-state index in [-0.39, 0.29) is 0 Å². The number of nitriles is 1. The summed E-state index contributed by atoms with van der Waals surface area (Å²) >= 11 is 11.8. The number of benzene rings is 1. The second kappa shape index (κ2) is 4.89. The maximum atomic E-state index is 9.06. The number of hydrogen-bond acceptors (Lipinski definition) is 3. The first kappa shape index (κ1) is 12.7. The second-order valence-electron chi connectivity index (χ2n) is 3.68. The van der Waals surface area contributed by atoms with Crippen molar-refractivity contribution in [1.82, 2.24) is 9.78 Å². The van der Waals surface area contributed by atoms with Gasteiger partial charge in [0.05, 0.1) is 21.4 Å². The number of nitrogens with zero attached hydrogens (tertiary/aromatic N) is 3. The molecule has 1 heterocycles. The maximum Gasteiger partial charge on any atom is 0.145 e. The third kappa shape index (κ3) is 2.03. The van der Waals surface area contributed by atoms with Gasteiger partial charge in [0, 0.05) is 0 Å². The van der Waals surface area contributed by atoms with Gasteiger partial charge in [0.25, 0.3) is 0 Å². The lowest BCUT2D eigenvalue weighted by Crippen LogP contribution is -2.02. The Kier molecular flexibility index (Phi) is 3.46. The molecule has 2 rings (SSSR count). The van der Waals surface area contributed by atoms with E-state index in [0.29, 0.717) is 39.2 Å². The van der Waals surface area contributed by atoms with Crippen molar-refractivity contribution in [2.75, 3.05) is 5.73 Å². The zero-order chi connectivity index (χ0) is 13.3.